The molecule has 0 saturated carbocycles. The number of thiophene rings is 1. The molecule has 0 aliphatic carbocycles. The highest BCUT2D eigenvalue weighted by Gasteiger charge is 2.17. The summed E-state index contributed by atoms with van der Waals surface area (Å²) in [6.45, 7) is 0. The number of nitrogens with zero attached hydrogens (tertiary/aromatic N) is 2. The average molecular weight is 300 g/mol. The van der Waals surface area contributed by atoms with Gasteiger partial charge in [-0.1, -0.05) is 42.5 Å². The normalized spacial score (nSPS) is 11.6. The van der Waals surface area contributed by atoms with Crippen LogP contribution in [0.25, 0.3) is 37.0 Å². The molecule has 0 fully saturated rings. The smallest absolute Gasteiger partial charge is 0.137 e. The summed E-state index contributed by atoms with van der Waals surface area (Å²) in [6.07, 6.45) is 1.85. The van der Waals surface area contributed by atoms with Gasteiger partial charge in [-0.2, -0.15) is 0 Å². The van der Waals surface area contributed by atoms with Crippen molar-refractivity contribution < 1.29 is 0 Å². The minimum absolute atomic E-state index is 0.970. The molecule has 5 aromatic rings. The van der Waals surface area contributed by atoms with E-state index in [1.165, 1.54) is 31.2 Å². The fraction of sp³-hybridized carbons (Fsp3) is 0. The molecule has 0 unspecified atom stereocenters. The summed E-state index contributed by atoms with van der Waals surface area (Å²) >= 11 is 1.86. The van der Waals surface area contributed by atoms with Crippen LogP contribution in [0.3, 0.4) is 0 Å². The Hall–Kier alpha value is -2.65. The Morgan fingerprint density at radius 1 is 0.773 bits per heavy atom. The maximum Gasteiger partial charge on any atom is 0.137 e. The van der Waals surface area contributed by atoms with Crippen molar-refractivity contribution >= 4 is 42.5 Å². The zero-order valence-electron chi connectivity index (χ0n) is 11.7. The highest BCUT2D eigenvalue weighted by molar-refractivity contribution is 7.26. The van der Waals surface area contributed by atoms with Crippen molar-refractivity contribution in [2.24, 2.45) is 0 Å². The summed E-state index contributed by atoms with van der Waals surface area (Å²) in [5.74, 6) is 0.970. The quantitative estimate of drug-likeness (QED) is 0.405. The van der Waals surface area contributed by atoms with Crippen LogP contribution in [0.2, 0.25) is 0 Å². The van der Waals surface area contributed by atoms with E-state index >= 15 is 0 Å². The highest BCUT2D eigenvalue weighted by Crippen LogP contribution is 2.41. The lowest BCUT2D eigenvalue weighted by Crippen LogP contribution is -1.95. The van der Waals surface area contributed by atoms with Crippen LogP contribution in [-0.2, 0) is 0 Å². The molecule has 0 saturated heterocycles. The third-order valence-electron chi connectivity index (χ3n) is 4.06. The maximum absolute atomic E-state index is 4.58. The van der Waals surface area contributed by atoms with Crippen molar-refractivity contribution in [3.05, 3.63) is 72.9 Å². The third kappa shape index (κ3) is 1.51. The van der Waals surface area contributed by atoms with Crippen LogP contribution >= 0.6 is 11.3 Å². The van der Waals surface area contributed by atoms with E-state index in [9.17, 15) is 0 Å². The minimum atomic E-state index is 0.970. The molecule has 22 heavy (non-hydrogen) atoms. The molecule has 0 N–H and O–H groups in total. The lowest BCUT2D eigenvalue weighted by molar-refractivity contribution is 1.08. The number of hydrogen-bond donors (Lipinski definition) is 0. The molecule has 5 rings (SSSR count). The first kappa shape index (κ1) is 12.0. The van der Waals surface area contributed by atoms with Crippen molar-refractivity contribution in [1.29, 1.82) is 0 Å². The summed E-state index contributed by atoms with van der Waals surface area (Å²) in [6, 6.07) is 23.2. The Balaban J connectivity index is 2.08. The summed E-state index contributed by atoms with van der Waals surface area (Å²) in [4.78, 5) is 4.58. The van der Waals surface area contributed by atoms with Crippen LogP contribution in [0.1, 0.15) is 0 Å². The molecule has 3 heterocycles. The summed E-state index contributed by atoms with van der Waals surface area (Å²) < 4.78 is 4.94. The van der Waals surface area contributed by atoms with Gasteiger partial charge in [0, 0.05) is 21.7 Å². The second-order valence-corrected chi connectivity index (χ2v) is 6.37. The second kappa shape index (κ2) is 4.42. The molecular weight excluding hydrogens is 288 g/mol. The highest BCUT2D eigenvalue weighted by atomic mass is 32.1. The third-order valence-corrected chi connectivity index (χ3v) is 5.25. The summed E-state index contributed by atoms with van der Waals surface area (Å²) in [5.41, 5.74) is 2.48. The first-order valence-electron chi connectivity index (χ1n) is 7.25. The van der Waals surface area contributed by atoms with Gasteiger partial charge in [-0.15, -0.1) is 11.3 Å². The zero-order chi connectivity index (χ0) is 14.5. The molecule has 3 aromatic heterocycles. The van der Waals surface area contributed by atoms with Crippen LogP contribution < -0.4 is 0 Å². The van der Waals surface area contributed by atoms with Crippen LogP contribution in [0.15, 0.2) is 72.9 Å². The van der Waals surface area contributed by atoms with Gasteiger partial charge in [-0.25, -0.2) is 4.98 Å². The zero-order valence-corrected chi connectivity index (χ0v) is 12.5. The number of pyridine rings is 1. The molecule has 0 radical (unpaired) electrons. The van der Waals surface area contributed by atoms with Gasteiger partial charge < -0.3 is 0 Å². The van der Waals surface area contributed by atoms with Crippen molar-refractivity contribution in [1.82, 2.24) is 9.55 Å². The Morgan fingerprint density at radius 2 is 1.55 bits per heavy atom. The number of benzene rings is 2. The van der Waals surface area contributed by atoms with Gasteiger partial charge in [0.1, 0.15) is 5.82 Å². The SMILES string of the molecule is c1ccc(-n2c3ccccc3c3sc4ccccc4c32)nc1. The molecular formula is C19H12N2S. The predicted molar refractivity (Wildman–Crippen MR) is 94.0 cm³/mol. The van der Waals surface area contributed by atoms with Gasteiger partial charge in [0.15, 0.2) is 0 Å². The van der Waals surface area contributed by atoms with Crippen molar-refractivity contribution in [3.63, 3.8) is 0 Å². The largest absolute Gasteiger partial charge is 0.292 e. The van der Waals surface area contributed by atoms with Crippen molar-refractivity contribution in [2.75, 3.05) is 0 Å². The molecule has 2 nitrogen and oxygen atoms in total. The Labute approximate surface area is 131 Å². The molecule has 0 aliphatic rings. The van der Waals surface area contributed by atoms with E-state index in [4.69, 9.17) is 0 Å². The first-order valence-corrected chi connectivity index (χ1v) is 8.07. The van der Waals surface area contributed by atoms with E-state index in [0.717, 1.165) is 5.82 Å². The fourth-order valence-electron chi connectivity index (χ4n) is 3.14. The molecule has 2 aromatic carbocycles. The Bertz CT molecular complexity index is 1110. The number of para-hydroxylation sites is 1. The lowest BCUT2D eigenvalue weighted by Gasteiger charge is -2.06. The first-order chi connectivity index (χ1) is 10.9. The average Bonchev–Trinajstić information content (AvgIpc) is 3.10. The van der Waals surface area contributed by atoms with E-state index in [2.05, 4.69) is 64.1 Å². The lowest BCUT2D eigenvalue weighted by atomic mass is 10.2. The van der Waals surface area contributed by atoms with Crippen LogP contribution in [0.4, 0.5) is 0 Å². The van der Waals surface area contributed by atoms with E-state index < -0.39 is 0 Å². The van der Waals surface area contributed by atoms with Crippen LogP contribution in [-0.4, -0.2) is 9.55 Å². The van der Waals surface area contributed by atoms with Crippen molar-refractivity contribution in [2.45, 2.75) is 0 Å². The van der Waals surface area contributed by atoms with Crippen molar-refractivity contribution in [3.8, 4) is 5.82 Å². The maximum atomic E-state index is 4.58. The summed E-state index contributed by atoms with van der Waals surface area (Å²) in [5, 5.41) is 2.59. The molecule has 0 amide bonds. The van der Waals surface area contributed by atoms with Gasteiger partial charge >= 0.3 is 0 Å². The predicted octanol–water partition coefficient (Wildman–Crippen LogP) is 5.39. The minimum Gasteiger partial charge on any atom is -0.292 e. The molecule has 0 bridgehead atoms. The standard InChI is InChI=1S/C19H12N2S/c1-3-9-15-13(7-1)19-18(14-8-2-4-10-16(14)22-19)21(15)17-11-5-6-12-20-17/h1-12H. The van der Waals surface area contributed by atoms with Gasteiger partial charge in [-0.3, -0.25) is 4.57 Å². The van der Waals surface area contributed by atoms with Gasteiger partial charge in [0.2, 0.25) is 0 Å². The molecule has 0 aliphatic heterocycles. The topological polar surface area (TPSA) is 17.8 Å². The van der Waals surface area contributed by atoms with Gasteiger partial charge in [0.05, 0.1) is 15.7 Å². The van der Waals surface area contributed by atoms with Gasteiger partial charge in [0.25, 0.3) is 0 Å². The van der Waals surface area contributed by atoms with E-state index in [1.54, 1.807) is 0 Å². The number of hydrogen-bond acceptors (Lipinski definition) is 2. The molecule has 3 heteroatoms. The van der Waals surface area contributed by atoms with Crippen LogP contribution in [0.5, 0.6) is 0 Å². The molecule has 104 valence electrons. The summed E-state index contributed by atoms with van der Waals surface area (Å²) in [7, 11) is 0. The van der Waals surface area contributed by atoms with E-state index in [1.807, 2.05) is 29.7 Å². The molecule has 0 atom stereocenters. The van der Waals surface area contributed by atoms with Gasteiger partial charge in [-0.05, 0) is 24.3 Å². The monoisotopic (exact) mass is 300 g/mol. The number of fused-ring (bicyclic) bond motifs is 5. The van der Waals surface area contributed by atoms with E-state index in [-0.39, 0.29) is 0 Å². The fourth-order valence-corrected chi connectivity index (χ4v) is 4.36. The number of aromatic nitrogens is 2. The van der Waals surface area contributed by atoms with Crippen LogP contribution in [0, 0.1) is 0 Å². The molecule has 0 spiro atoms. The Morgan fingerprint density at radius 3 is 2.41 bits per heavy atom. The second-order valence-electron chi connectivity index (χ2n) is 5.32. The Kier molecular flexibility index (Phi) is 2.40. The van der Waals surface area contributed by atoms with E-state index in [0.29, 0.717) is 0 Å². The number of rotatable bonds is 1.